The maximum absolute atomic E-state index is 0. The third-order valence-electron chi connectivity index (χ3n) is 0. The Hall–Kier alpha value is 2.68. The molecule has 0 fully saturated rings. The maximum atomic E-state index is 0. The van der Waals surface area contributed by atoms with E-state index in [2.05, 4.69) is 0 Å². The largest absolute Gasteiger partial charge is 0.870 e. The van der Waals surface area contributed by atoms with Gasteiger partial charge in [0.1, 0.15) is 0 Å². The van der Waals surface area contributed by atoms with E-state index in [9.17, 15) is 0 Å². The van der Waals surface area contributed by atoms with Gasteiger partial charge in [0.05, 0.1) is 0 Å². The van der Waals surface area contributed by atoms with Gasteiger partial charge in [0.25, 0.3) is 0 Å². The number of rotatable bonds is 0. The molecule has 0 aliphatic heterocycles. The van der Waals surface area contributed by atoms with Crippen LogP contribution in [-0.4, -0.2) is 82.7 Å². The Morgan fingerprint density at radius 3 is 1.00 bits per heavy atom. The molecular formula is H3CaFeMgO2Si-. The van der Waals surface area contributed by atoms with E-state index in [1.807, 2.05) is 0 Å². The van der Waals surface area contributed by atoms with Gasteiger partial charge in [-0.15, -0.1) is 0 Å². The molecule has 0 unspecified atom stereocenters. The Morgan fingerprint density at radius 1 is 1.00 bits per heavy atom. The van der Waals surface area contributed by atoms with Gasteiger partial charge < -0.3 is 11.0 Å². The van der Waals surface area contributed by atoms with Crippen LogP contribution in [0.1, 0.15) is 0 Å². The van der Waals surface area contributed by atoms with Gasteiger partial charge in [0, 0.05) is 88.8 Å². The van der Waals surface area contributed by atoms with Crippen molar-refractivity contribution < 1.29 is 28.0 Å². The second kappa shape index (κ2) is 47.7. The van der Waals surface area contributed by atoms with E-state index >= 15 is 0 Å². The molecule has 0 spiro atoms. The smallest absolute Gasteiger partial charge is 0 e. The zero-order valence-electron chi connectivity index (χ0n) is 3.21. The third-order valence-corrected chi connectivity index (χ3v) is 0. The molecule has 0 amide bonds. The van der Waals surface area contributed by atoms with Gasteiger partial charge in [-0.3, -0.25) is 0 Å². The molecule has 0 aromatic heterocycles. The van der Waals surface area contributed by atoms with Crippen LogP contribution in [0, 0.1) is 0 Å². The molecule has 2 nitrogen and oxygen atoms in total. The summed E-state index contributed by atoms with van der Waals surface area (Å²) in [6, 6.07) is 0. The van der Waals surface area contributed by atoms with Crippen LogP contribution in [0.5, 0.6) is 0 Å². The summed E-state index contributed by atoms with van der Waals surface area (Å²) in [5.74, 6) is 0. The zero-order chi connectivity index (χ0) is 0. The fourth-order valence-corrected chi connectivity index (χ4v) is 0. The van der Waals surface area contributed by atoms with Crippen molar-refractivity contribution in [2.75, 3.05) is 0 Å². The van der Waals surface area contributed by atoms with E-state index in [-0.39, 0.29) is 99.8 Å². The first-order valence-electron chi connectivity index (χ1n) is 0. The van der Waals surface area contributed by atoms with Gasteiger partial charge in [-0.1, -0.05) is 0 Å². The standard InChI is InChI=1S/Ca.Fe.Mg.2H2O.Si/h;;;2*1H2;/p-1. The topological polar surface area (TPSA) is 61.5 Å². The summed E-state index contributed by atoms with van der Waals surface area (Å²) >= 11 is 0. The molecule has 0 saturated heterocycles. The Bertz CT molecular complexity index is 13.5. The first kappa shape index (κ1) is 71.2. The summed E-state index contributed by atoms with van der Waals surface area (Å²) in [5, 5.41) is 0. The van der Waals surface area contributed by atoms with Crippen LogP contribution in [-0.2, 0) is 17.1 Å². The normalized spacial score (nSPS) is 0. The quantitative estimate of drug-likeness (QED) is 0.395. The number of hydrogen-bond donors (Lipinski definition) is 0. The number of hydrogen-bond acceptors (Lipinski definition) is 1. The minimum Gasteiger partial charge on any atom is -0.870 e. The van der Waals surface area contributed by atoms with E-state index in [1.165, 1.54) is 0 Å². The van der Waals surface area contributed by atoms with E-state index in [4.69, 9.17) is 0 Å². The first-order chi connectivity index (χ1) is 0. The van der Waals surface area contributed by atoms with Crippen molar-refractivity contribution in [3.63, 3.8) is 0 Å². The van der Waals surface area contributed by atoms with Crippen molar-refractivity contribution in [3.05, 3.63) is 0 Å². The van der Waals surface area contributed by atoms with E-state index < -0.39 is 0 Å². The Balaban J connectivity index is 0. The van der Waals surface area contributed by atoms with Crippen molar-refractivity contribution in [2.45, 2.75) is 0 Å². The van der Waals surface area contributed by atoms with Gasteiger partial charge in [-0.05, 0) is 0 Å². The summed E-state index contributed by atoms with van der Waals surface area (Å²) in [7, 11) is 0. The molecule has 0 saturated carbocycles. The van der Waals surface area contributed by atoms with Crippen LogP contribution in [0.25, 0.3) is 0 Å². The Labute approximate surface area is 98.1 Å². The van der Waals surface area contributed by atoms with Crippen LogP contribution < -0.4 is 0 Å². The predicted molar refractivity (Wildman–Crippen MR) is 22.8 cm³/mol. The van der Waals surface area contributed by atoms with Crippen molar-refractivity contribution >= 4 is 71.8 Å². The molecule has 0 bridgehead atoms. The molecule has 0 heterocycles. The average molecular weight is 183 g/mol. The molecule has 6 heteroatoms. The van der Waals surface area contributed by atoms with Crippen molar-refractivity contribution in [2.24, 2.45) is 0 Å². The van der Waals surface area contributed by atoms with E-state index in [0.717, 1.165) is 0 Å². The summed E-state index contributed by atoms with van der Waals surface area (Å²) in [4.78, 5) is 0. The molecule has 3 N–H and O–H groups in total. The fourth-order valence-electron chi connectivity index (χ4n) is 0. The zero-order valence-corrected chi connectivity index (χ0v) is 8.94. The maximum Gasteiger partial charge on any atom is 0 e. The van der Waals surface area contributed by atoms with E-state index in [1.54, 1.807) is 0 Å². The van der Waals surface area contributed by atoms with Crippen LogP contribution >= 0.6 is 0 Å². The van der Waals surface area contributed by atoms with Crippen LogP contribution in [0.4, 0.5) is 0 Å². The molecule has 0 aliphatic rings. The molecule has 0 aromatic carbocycles. The van der Waals surface area contributed by atoms with Crippen molar-refractivity contribution in [1.82, 2.24) is 0 Å². The molecular weight excluding hydrogens is 180 g/mol. The summed E-state index contributed by atoms with van der Waals surface area (Å²) < 4.78 is 0. The minimum atomic E-state index is 0. The van der Waals surface area contributed by atoms with Crippen LogP contribution in [0.2, 0.25) is 0 Å². The van der Waals surface area contributed by atoms with Crippen LogP contribution in [0.15, 0.2) is 0 Å². The van der Waals surface area contributed by atoms with Gasteiger partial charge in [0.15, 0.2) is 0 Å². The molecule has 6 heavy (non-hydrogen) atoms. The first-order valence-corrected chi connectivity index (χ1v) is 0. The van der Waals surface area contributed by atoms with Gasteiger partial charge in [-0.2, -0.15) is 0 Å². The Morgan fingerprint density at radius 2 is 1.00 bits per heavy atom. The van der Waals surface area contributed by atoms with Crippen LogP contribution in [0.3, 0.4) is 0 Å². The fraction of sp³-hybridized carbons (Fsp3) is 0. The molecule has 0 aromatic rings. The third kappa shape index (κ3) is 30.0. The van der Waals surface area contributed by atoms with E-state index in [0.29, 0.717) is 0 Å². The van der Waals surface area contributed by atoms with Crippen molar-refractivity contribution in [3.8, 4) is 0 Å². The second-order valence-corrected chi connectivity index (χ2v) is 0. The SMILES string of the molecule is O.[Ca].[Fe].[Mg].[OH-].[Si]. The molecule has 0 atom stereocenters. The second-order valence-electron chi connectivity index (χ2n) is 0. The molecule has 0 aliphatic carbocycles. The summed E-state index contributed by atoms with van der Waals surface area (Å²) in [6.07, 6.45) is 0. The van der Waals surface area contributed by atoms with Gasteiger partial charge in [0.2, 0.25) is 0 Å². The monoisotopic (exact) mass is 183 g/mol. The minimum absolute atomic E-state index is 0. The molecule has 8 radical (unpaired) electrons. The average Bonchev–Trinajstić information content (AvgIpc) is 0. The Kier molecular flexibility index (Phi) is 566. The summed E-state index contributed by atoms with van der Waals surface area (Å²) in [6.45, 7) is 0. The molecule has 32 valence electrons. The van der Waals surface area contributed by atoms with Gasteiger partial charge >= 0.3 is 0 Å². The van der Waals surface area contributed by atoms with Crippen molar-refractivity contribution in [1.29, 1.82) is 0 Å². The summed E-state index contributed by atoms with van der Waals surface area (Å²) in [5.41, 5.74) is 0. The molecule has 0 rings (SSSR count). The predicted octanol–water partition coefficient (Wildman–Crippen LogP) is -2.15. The van der Waals surface area contributed by atoms with Gasteiger partial charge in [-0.25, -0.2) is 0 Å².